The van der Waals surface area contributed by atoms with Gasteiger partial charge in [-0.2, -0.15) is 8.78 Å². The molecule has 2 aromatic rings. The molecule has 0 aromatic heterocycles. The third-order valence-electron chi connectivity index (χ3n) is 3.27. The Morgan fingerprint density at radius 1 is 1.27 bits per heavy atom. The summed E-state index contributed by atoms with van der Waals surface area (Å²) < 4.78 is 43.5. The van der Waals surface area contributed by atoms with Crippen molar-refractivity contribution in [3.05, 3.63) is 46.7 Å². The molecule has 0 saturated heterocycles. The van der Waals surface area contributed by atoms with Gasteiger partial charge in [0.2, 0.25) is 5.91 Å². The molecule has 2 aromatic carbocycles. The van der Waals surface area contributed by atoms with Crippen LogP contribution in [0, 0.1) is 5.82 Å². The number of fused-ring (bicyclic) bond motifs is 1. The molecule has 7 heteroatoms. The Hall–Kier alpha value is -2.21. The Kier molecular flexibility index (Phi) is 3.70. The van der Waals surface area contributed by atoms with E-state index in [9.17, 15) is 18.0 Å². The summed E-state index contributed by atoms with van der Waals surface area (Å²) in [6.45, 7) is -3.03. The van der Waals surface area contributed by atoms with Crippen LogP contribution in [0.15, 0.2) is 30.3 Å². The highest BCUT2D eigenvalue weighted by Crippen LogP contribution is 2.40. The van der Waals surface area contributed by atoms with Gasteiger partial charge in [-0.15, -0.1) is 0 Å². The fraction of sp³-hybridized carbons (Fsp3) is 0.133. The van der Waals surface area contributed by atoms with Gasteiger partial charge in [-0.05, 0) is 35.4 Å². The fourth-order valence-electron chi connectivity index (χ4n) is 2.42. The van der Waals surface area contributed by atoms with Crippen LogP contribution in [-0.4, -0.2) is 12.5 Å². The number of anilines is 1. The normalized spacial score (nSPS) is 13.2. The van der Waals surface area contributed by atoms with Crippen LogP contribution in [0.25, 0.3) is 11.1 Å². The van der Waals surface area contributed by atoms with Crippen molar-refractivity contribution in [1.29, 1.82) is 0 Å². The lowest BCUT2D eigenvalue weighted by Crippen LogP contribution is -2.04. The van der Waals surface area contributed by atoms with Crippen molar-refractivity contribution in [2.24, 2.45) is 0 Å². The second kappa shape index (κ2) is 5.53. The van der Waals surface area contributed by atoms with Crippen molar-refractivity contribution < 1.29 is 22.7 Å². The molecule has 3 rings (SSSR count). The van der Waals surface area contributed by atoms with Crippen LogP contribution in [-0.2, 0) is 11.2 Å². The summed E-state index contributed by atoms with van der Waals surface area (Å²) in [5.74, 6) is -1.13. The topological polar surface area (TPSA) is 38.3 Å². The number of carbonyl (C=O) groups is 1. The molecule has 0 unspecified atom stereocenters. The van der Waals surface area contributed by atoms with Gasteiger partial charge < -0.3 is 10.1 Å². The first kappa shape index (κ1) is 14.7. The standard InChI is InChI=1S/C15H9ClF3NO2/c16-9-2-1-3-11(22-15(18)19)13(9)7-4-8-6-12(21)20-14(8)10(17)5-7/h1-5,15H,6H2,(H,20,21). The maximum Gasteiger partial charge on any atom is 0.387 e. The molecule has 1 amide bonds. The highest BCUT2D eigenvalue weighted by Gasteiger charge is 2.24. The molecular formula is C15H9ClF3NO2. The predicted octanol–water partition coefficient (Wildman–Crippen LogP) is 4.24. The van der Waals surface area contributed by atoms with E-state index in [0.717, 1.165) is 6.07 Å². The number of alkyl halides is 2. The highest BCUT2D eigenvalue weighted by atomic mass is 35.5. The van der Waals surface area contributed by atoms with Crippen LogP contribution >= 0.6 is 11.6 Å². The van der Waals surface area contributed by atoms with Crippen molar-refractivity contribution in [2.75, 3.05) is 5.32 Å². The summed E-state index contributed by atoms with van der Waals surface area (Å²) in [6.07, 6.45) is 0.0234. The first-order valence-corrected chi connectivity index (χ1v) is 6.69. The van der Waals surface area contributed by atoms with E-state index in [-0.39, 0.29) is 39.9 Å². The molecule has 1 heterocycles. The number of benzene rings is 2. The van der Waals surface area contributed by atoms with Gasteiger partial charge >= 0.3 is 6.61 Å². The first-order valence-electron chi connectivity index (χ1n) is 6.31. The van der Waals surface area contributed by atoms with Crippen molar-refractivity contribution in [3.63, 3.8) is 0 Å². The number of nitrogens with one attached hydrogen (secondary N) is 1. The van der Waals surface area contributed by atoms with E-state index in [2.05, 4.69) is 10.1 Å². The lowest BCUT2D eigenvalue weighted by Gasteiger charge is -2.13. The van der Waals surface area contributed by atoms with Crippen LogP contribution in [0.4, 0.5) is 18.9 Å². The molecule has 0 fully saturated rings. The van der Waals surface area contributed by atoms with E-state index in [1.807, 2.05) is 0 Å². The quantitative estimate of drug-likeness (QED) is 0.915. The van der Waals surface area contributed by atoms with Gasteiger partial charge in [0.05, 0.1) is 17.1 Å². The van der Waals surface area contributed by atoms with Gasteiger partial charge in [0.1, 0.15) is 11.6 Å². The highest BCUT2D eigenvalue weighted by molar-refractivity contribution is 6.33. The average Bonchev–Trinajstić information content (AvgIpc) is 2.79. The molecule has 0 aliphatic carbocycles. The van der Waals surface area contributed by atoms with Crippen molar-refractivity contribution in [2.45, 2.75) is 13.0 Å². The molecule has 22 heavy (non-hydrogen) atoms. The lowest BCUT2D eigenvalue weighted by atomic mass is 10.0. The zero-order valence-corrected chi connectivity index (χ0v) is 11.8. The Morgan fingerprint density at radius 3 is 2.77 bits per heavy atom. The second-order valence-corrected chi connectivity index (χ2v) is 5.12. The van der Waals surface area contributed by atoms with Crippen LogP contribution in [0.5, 0.6) is 5.75 Å². The lowest BCUT2D eigenvalue weighted by molar-refractivity contribution is -0.115. The number of hydrogen-bond acceptors (Lipinski definition) is 2. The smallest absolute Gasteiger partial charge is 0.387 e. The third-order valence-corrected chi connectivity index (χ3v) is 3.58. The number of halogens is 4. The minimum absolute atomic E-state index is 0.0234. The van der Waals surface area contributed by atoms with Crippen molar-refractivity contribution in [3.8, 4) is 16.9 Å². The largest absolute Gasteiger partial charge is 0.434 e. The molecule has 3 nitrogen and oxygen atoms in total. The summed E-state index contributed by atoms with van der Waals surface area (Å²) in [5, 5.41) is 2.56. The first-order chi connectivity index (χ1) is 10.5. The van der Waals surface area contributed by atoms with Crippen LogP contribution < -0.4 is 10.1 Å². The Morgan fingerprint density at radius 2 is 2.05 bits per heavy atom. The zero-order chi connectivity index (χ0) is 15.9. The van der Waals surface area contributed by atoms with E-state index >= 15 is 0 Å². The van der Waals surface area contributed by atoms with Gasteiger partial charge in [-0.3, -0.25) is 4.79 Å². The molecule has 1 N–H and O–H groups in total. The zero-order valence-electron chi connectivity index (χ0n) is 11.0. The second-order valence-electron chi connectivity index (χ2n) is 4.71. The number of carbonyl (C=O) groups excluding carboxylic acids is 1. The Labute approximate surface area is 128 Å². The Bertz CT molecular complexity index is 765. The molecule has 1 aliphatic rings. The molecule has 0 radical (unpaired) electrons. The summed E-state index contributed by atoms with van der Waals surface area (Å²) in [4.78, 5) is 11.4. The minimum atomic E-state index is -3.03. The summed E-state index contributed by atoms with van der Waals surface area (Å²) in [7, 11) is 0. The van der Waals surface area contributed by atoms with E-state index < -0.39 is 12.4 Å². The van der Waals surface area contributed by atoms with Gasteiger partial charge in [0, 0.05) is 5.56 Å². The predicted molar refractivity (Wildman–Crippen MR) is 75.8 cm³/mol. The monoisotopic (exact) mass is 327 g/mol. The van der Waals surface area contributed by atoms with Crippen LogP contribution in [0.1, 0.15) is 5.56 Å². The van der Waals surface area contributed by atoms with Crippen LogP contribution in [0.3, 0.4) is 0 Å². The molecule has 0 atom stereocenters. The summed E-state index contributed by atoms with van der Waals surface area (Å²) in [6, 6.07) is 6.93. The SMILES string of the molecule is O=C1Cc2cc(-c3c(Cl)cccc3OC(F)F)cc(F)c2N1. The molecule has 0 bridgehead atoms. The van der Waals surface area contributed by atoms with Crippen LogP contribution in [0.2, 0.25) is 5.02 Å². The molecule has 1 aliphatic heterocycles. The number of hydrogen-bond donors (Lipinski definition) is 1. The average molecular weight is 328 g/mol. The summed E-state index contributed by atoms with van der Waals surface area (Å²) >= 11 is 6.05. The van der Waals surface area contributed by atoms with Crippen molar-refractivity contribution in [1.82, 2.24) is 0 Å². The molecule has 0 saturated carbocycles. The number of rotatable bonds is 3. The van der Waals surface area contributed by atoms with Gasteiger partial charge in [0.15, 0.2) is 0 Å². The van der Waals surface area contributed by atoms with Gasteiger partial charge in [0.25, 0.3) is 0 Å². The maximum atomic E-state index is 14.1. The van der Waals surface area contributed by atoms with Gasteiger partial charge in [-0.1, -0.05) is 17.7 Å². The van der Waals surface area contributed by atoms with Crippen molar-refractivity contribution >= 4 is 23.2 Å². The maximum absolute atomic E-state index is 14.1. The molecule has 114 valence electrons. The van der Waals surface area contributed by atoms with E-state index in [4.69, 9.17) is 11.6 Å². The third kappa shape index (κ3) is 2.62. The number of ether oxygens (including phenoxy) is 1. The number of amides is 1. The van der Waals surface area contributed by atoms with Gasteiger partial charge in [-0.25, -0.2) is 4.39 Å². The Balaban J connectivity index is 2.15. The molecule has 0 spiro atoms. The van der Waals surface area contributed by atoms with E-state index in [0.29, 0.717) is 5.56 Å². The summed E-state index contributed by atoms with van der Waals surface area (Å²) in [5.41, 5.74) is 0.986. The van der Waals surface area contributed by atoms with E-state index in [1.165, 1.54) is 24.3 Å². The van der Waals surface area contributed by atoms with E-state index in [1.54, 1.807) is 0 Å². The minimum Gasteiger partial charge on any atom is -0.434 e. The molecular weight excluding hydrogens is 319 g/mol. The fourth-order valence-corrected chi connectivity index (χ4v) is 2.70.